The summed E-state index contributed by atoms with van der Waals surface area (Å²) in [5.41, 5.74) is -1.63. The molecule has 0 aromatic heterocycles. The molecule has 0 spiro atoms. The summed E-state index contributed by atoms with van der Waals surface area (Å²) < 4.78 is 17.2. The van der Waals surface area contributed by atoms with Gasteiger partial charge in [-0.25, -0.2) is 4.79 Å². The van der Waals surface area contributed by atoms with Gasteiger partial charge in [0.15, 0.2) is 17.1 Å². The molecule has 2 aromatic carbocycles. The molecule has 0 radical (unpaired) electrons. The van der Waals surface area contributed by atoms with Crippen LogP contribution < -0.4 is 14.8 Å². The van der Waals surface area contributed by atoms with Crippen molar-refractivity contribution >= 4 is 29.5 Å². The number of methoxy groups -OCH3 is 1. The molecule has 196 valence electrons. The van der Waals surface area contributed by atoms with E-state index < -0.39 is 36.4 Å². The van der Waals surface area contributed by atoms with E-state index in [1.807, 2.05) is 24.3 Å². The molecule has 5 N–H and O–H groups in total. The van der Waals surface area contributed by atoms with E-state index in [9.17, 15) is 14.4 Å². The van der Waals surface area contributed by atoms with Gasteiger partial charge in [-0.2, -0.15) is 0 Å². The van der Waals surface area contributed by atoms with Crippen molar-refractivity contribution in [2.45, 2.75) is 31.0 Å². The average Bonchev–Trinajstić information content (AvgIpc) is 2.81. The van der Waals surface area contributed by atoms with Crippen molar-refractivity contribution in [2.75, 3.05) is 26.8 Å². The van der Waals surface area contributed by atoms with E-state index in [2.05, 4.69) is 11.4 Å². The highest BCUT2D eigenvalue weighted by Gasteiger charge is 2.40. The molecule has 0 unspecified atom stereocenters. The molecule has 2 aromatic rings. The number of aliphatic carboxylic acids is 3. The Labute approximate surface area is 212 Å². The first-order valence-electron chi connectivity index (χ1n) is 10.8. The van der Waals surface area contributed by atoms with Crippen LogP contribution in [0.1, 0.15) is 18.4 Å². The van der Waals surface area contributed by atoms with Crippen LogP contribution in [-0.2, 0) is 25.5 Å². The molecule has 3 rings (SSSR count). The first kappa shape index (κ1) is 28.9. The van der Waals surface area contributed by atoms with Crippen LogP contribution in [0.2, 0.25) is 5.02 Å². The van der Waals surface area contributed by atoms with Gasteiger partial charge >= 0.3 is 17.9 Å². The first-order valence-corrected chi connectivity index (χ1v) is 11.2. The summed E-state index contributed by atoms with van der Waals surface area (Å²) in [5, 5.41) is 37.8. The molecule has 0 aliphatic carbocycles. The van der Waals surface area contributed by atoms with E-state index in [1.165, 1.54) is 0 Å². The summed E-state index contributed by atoms with van der Waals surface area (Å²) in [6.45, 7) is 2.52. The minimum Gasteiger partial charge on any atom is -0.493 e. The van der Waals surface area contributed by atoms with Crippen LogP contribution >= 0.6 is 11.6 Å². The summed E-state index contributed by atoms with van der Waals surface area (Å²) in [6, 6.07) is 13.3. The average molecular weight is 526 g/mol. The van der Waals surface area contributed by atoms with Crippen LogP contribution in [0.4, 0.5) is 0 Å². The van der Waals surface area contributed by atoms with Gasteiger partial charge in [0.1, 0.15) is 5.75 Å². The maximum absolute atomic E-state index is 10.3. The number of carboxylic acid groups (broad SMARTS) is 3. The highest BCUT2D eigenvalue weighted by atomic mass is 35.5. The monoisotopic (exact) mass is 525 g/mol. The predicted molar refractivity (Wildman–Crippen MR) is 128 cm³/mol. The minimum absolute atomic E-state index is 0.167. The predicted octanol–water partition coefficient (Wildman–Crippen LogP) is 2.42. The molecule has 36 heavy (non-hydrogen) atoms. The Morgan fingerprint density at radius 2 is 1.72 bits per heavy atom. The van der Waals surface area contributed by atoms with Crippen molar-refractivity contribution in [3.63, 3.8) is 0 Å². The molecule has 11 nitrogen and oxygen atoms in total. The number of para-hydroxylation sites is 1. The Morgan fingerprint density at radius 1 is 1.06 bits per heavy atom. The van der Waals surface area contributed by atoms with Crippen molar-refractivity contribution < 1.29 is 49.0 Å². The second kappa shape index (κ2) is 13.6. The number of nitrogens with one attached hydrogen (secondary N) is 1. The van der Waals surface area contributed by atoms with Crippen LogP contribution in [0.25, 0.3) is 0 Å². The minimum atomic E-state index is -2.74. The van der Waals surface area contributed by atoms with Crippen LogP contribution in [0.5, 0.6) is 17.2 Å². The number of rotatable bonds is 10. The summed E-state index contributed by atoms with van der Waals surface area (Å²) in [6.07, 6.45) is -1.32. The molecule has 1 heterocycles. The lowest BCUT2D eigenvalue weighted by molar-refractivity contribution is -0.170. The fourth-order valence-corrected chi connectivity index (χ4v) is 3.49. The SMILES string of the molecule is COc1cc(Cl)ccc1Oc1ccccc1C[C@H]1CNCCO1.O=C(O)CC(O)(CC(=O)O)C(=O)O. The lowest BCUT2D eigenvalue weighted by Gasteiger charge is -2.24. The number of hydrogen-bond acceptors (Lipinski definition) is 8. The van der Waals surface area contributed by atoms with E-state index >= 15 is 0 Å². The van der Waals surface area contributed by atoms with Gasteiger partial charge in [0.25, 0.3) is 0 Å². The molecule has 1 aliphatic rings. The third kappa shape index (κ3) is 9.00. The largest absolute Gasteiger partial charge is 0.493 e. The number of aliphatic hydroxyl groups is 1. The highest BCUT2D eigenvalue weighted by molar-refractivity contribution is 6.30. The molecule has 0 saturated carbocycles. The number of morpholine rings is 1. The second-order valence-corrected chi connectivity index (χ2v) is 8.32. The summed E-state index contributed by atoms with van der Waals surface area (Å²) in [5.74, 6) is -2.95. The van der Waals surface area contributed by atoms with E-state index in [0.717, 1.165) is 37.4 Å². The zero-order valence-corrected chi connectivity index (χ0v) is 20.2. The molecule has 12 heteroatoms. The molecule has 1 aliphatic heterocycles. The fraction of sp³-hybridized carbons (Fsp3) is 0.375. The van der Waals surface area contributed by atoms with Crippen LogP contribution in [0.15, 0.2) is 42.5 Å². The number of halogens is 1. The van der Waals surface area contributed by atoms with Gasteiger partial charge in [-0.15, -0.1) is 0 Å². The van der Waals surface area contributed by atoms with Gasteiger partial charge in [-0.05, 0) is 23.8 Å². The van der Waals surface area contributed by atoms with Crippen molar-refractivity contribution in [3.8, 4) is 17.2 Å². The van der Waals surface area contributed by atoms with Gasteiger partial charge < -0.3 is 40.0 Å². The summed E-state index contributed by atoms with van der Waals surface area (Å²) in [7, 11) is 1.60. The number of hydrogen-bond donors (Lipinski definition) is 5. The quantitative estimate of drug-likeness (QED) is 0.308. The lowest BCUT2D eigenvalue weighted by Crippen LogP contribution is -2.42. The Morgan fingerprint density at radius 3 is 2.28 bits per heavy atom. The smallest absolute Gasteiger partial charge is 0.336 e. The Bertz CT molecular complexity index is 1040. The maximum Gasteiger partial charge on any atom is 0.336 e. The van der Waals surface area contributed by atoms with E-state index in [4.69, 9.17) is 46.2 Å². The summed E-state index contributed by atoms with van der Waals surface area (Å²) in [4.78, 5) is 30.5. The first-order chi connectivity index (χ1) is 17.0. The topological polar surface area (TPSA) is 172 Å². The Kier molecular flexibility index (Phi) is 10.9. The fourth-order valence-electron chi connectivity index (χ4n) is 3.33. The number of ether oxygens (including phenoxy) is 3. The van der Waals surface area contributed by atoms with Gasteiger partial charge in [0.05, 0.1) is 32.7 Å². The van der Waals surface area contributed by atoms with Crippen molar-refractivity contribution in [2.24, 2.45) is 0 Å². The normalized spacial score (nSPS) is 15.2. The molecule has 0 amide bonds. The molecule has 1 atom stereocenters. The van der Waals surface area contributed by atoms with Gasteiger partial charge in [-0.3, -0.25) is 9.59 Å². The standard InChI is InChI=1S/C18H20ClNO3.C6H8O7/c1-21-18-11-14(19)6-7-17(18)23-16-5-3-2-4-13(16)10-15-12-20-8-9-22-15;7-3(8)1-6(13,5(11)12)2-4(9)10/h2-7,11,15,20H,8-10,12H2,1H3;13H,1-2H2,(H,7,8)(H,9,10)(H,11,12)/t15-;/m0./s1. The third-order valence-corrected chi connectivity index (χ3v) is 5.29. The lowest BCUT2D eigenvalue weighted by atomic mass is 9.96. The summed E-state index contributed by atoms with van der Waals surface area (Å²) >= 11 is 6.00. The molecule has 1 fully saturated rings. The number of carboxylic acids is 3. The molecular formula is C24H28ClNO10. The van der Waals surface area contributed by atoms with Crippen LogP contribution in [0, 0.1) is 0 Å². The maximum atomic E-state index is 10.3. The van der Waals surface area contributed by atoms with Crippen molar-refractivity contribution in [3.05, 3.63) is 53.1 Å². The van der Waals surface area contributed by atoms with E-state index in [-0.39, 0.29) is 6.10 Å². The molecule has 0 bridgehead atoms. The van der Waals surface area contributed by atoms with Crippen molar-refractivity contribution in [1.82, 2.24) is 5.32 Å². The van der Waals surface area contributed by atoms with E-state index in [1.54, 1.807) is 19.2 Å². The van der Waals surface area contributed by atoms with Crippen LogP contribution in [-0.4, -0.2) is 76.8 Å². The Balaban J connectivity index is 0.000000302. The third-order valence-electron chi connectivity index (χ3n) is 5.06. The Hall–Kier alpha value is -3.38. The number of carbonyl (C=O) groups is 3. The zero-order chi connectivity index (χ0) is 26.7. The highest BCUT2D eigenvalue weighted by Crippen LogP contribution is 2.35. The van der Waals surface area contributed by atoms with Gasteiger partial charge in [0.2, 0.25) is 0 Å². The van der Waals surface area contributed by atoms with Gasteiger partial charge in [0, 0.05) is 30.6 Å². The number of benzene rings is 2. The zero-order valence-electron chi connectivity index (χ0n) is 19.5. The molecular weight excluding hydrogens is 498 g/mol. The van der Waals surface area contributed by atoms with E-state index in [0.29, 0.717) is 16.5 Å². The molecule has 1 saturated heterocycles. The van der Waals surface area contributed by atoms with Gasteiger partial charge in [-0.1, -0.05) is 29.8 Å². The van der Waals surface area contributed by atoms with Crippen molar-refractivity contribution in [1.29, 1.82) is 0 Å². The second-order valence-electron chi connectivity index (χ2n) is 7.88. The van der Waals surface area contributed by atoms with Crippen LogP contribution in [0.3, 0.4) is 0 Å².